The van der Waals surface area contributed by atoms with Crippen molar-refractivity contribution in [2.75, 3.05) is 41.8 Å². The summed E-state index contributed by atoms with van der Waals surface area (Å²) in [4.78, 5) is 27.7. The zero-order valence-electron chi connectivity index (χ0n) is 17.4. The molecule has 0 saturated carbocycles. The zero-order valence-corrected chi connectivity index (χ0v) is 17.4. The molecular formula is C24H22N6O2. The van der Waals surface area contributed by atoms with Crippen LogP contribution in [0, 0.1) is 0 Å². The number of nitrogens with zero attached hydrogens (tertiary/aromatic N) is 4. The van der Waals surface area contributed by atoms with Gasteiger partial charge in [-0.05, 0) is 47.5 Å². The number of hydrogen-bond donors (Lipinski definition) is 2. The molecule has 3 heterocycles. The number of pyridine rings is 1. The molecule has 0 spiro atoms. The minimum Gasteiger partial charge on any atom is -0.378 e. The molecule has 2 amide bonds. The number of ether oxygens (including phenoxy) is 1. The fourth-order valence-electron chi connectivity index (χ4n) is 3.60. The van der Waals surface area contributed by atoms with Gasteiger partial charge in [0.15, 0.2) is 0 Å². The van der Waals surface area contributed by atoms with Gasteiger partial charge in [0.05, 0.1) is 42.3 Å². The molecule has 0 aliphatic carbocycles. The van der Waals surface area contributed by atoms with Crippen LogP contribution >= 0.6 is 0 Å². The largest absolute Gasteiger partial charge is 0.378 e. The lowest BCUT2D eigenvalue weighted by atomic mass is 10.0. The van der Waals surface area contributed by atoms with Crippen LogP contribution in [0.15, 0.2) is 73.2 Å². The number of aromatic nitrogens is 3. The summed E-state index contributed by atoms with van der Waals surface area (Å²) < 4.78 is 5.43. The SMILES string of the molecule is O=C(Nc1ccc(-c2ccc3ncc(N4CCOCC4)nc3c2)cc1)Nc1cccnc1. The second-order valence-corrected chi connectivity index (χ2v) is 7.43. The van der Waals surface area contributed by atoms with Crippen LogP contribution in [0.4, 0.5) is 22.0 Å². The van der Waals surface area contributed by atoms with Gasteiger partial charge in [-0.15, -0.1) is 0 Å². The van der Waals surface area contributed by atoms with E-state index in [9.17, 15) is 4.79 Å². The van der Waals surface area contributed by atoms with Crippen molar-refractivity contribution < 1.29 is 9.53 Å². The molecule has 0 radical (unpaired) electrons. The Labute approximate surface area is 185 Å². The summed E-state index contributed by atoms with van der Waals surface area (Å²) in [5, 5.41) is 5.58. The Kier molecular flexibility index (Phi) is 5.59. The third-order valence-electron chi connectivity index (χ3n) is 5.26. The van der Waals surface area contributed by atoms with E-state index in [-0.39, 0.29) is 6.03 Å². The summed E-state index contributed by atoms with van der Waals surface area (Å²) in [7, 11) is 0. The fourth-order valence-corrected chi connectivity index (χ4v) is 3.60. The van der Waals surface area contributed by atoms with Gasteiger partial charge >= 0.3 is 6.03 Å². The summed E-state index contributed by atoms with van der Waals surface area (Å²) in [6.45, 7) is 3.06. The smallest absolute Gasteiger partial charge is 0.323 e. The van der Waals surface area contributed by atoms with Crippen LogP contribution in [0.1, 0.15) is 0 Å². The highest BCUT2D eigenvalue weighted by Gasteiger charge is 2.13. The van der Waals surface area contributed by atoms with Crippen LogP contribution in [0.3, 0.4) is 0 Å². The first-order valence-electron chi connectivity index (χ1n) is 10.4. The Morgan fingerprint density at radius 1 is 0.875 bits per heavy atom. The standard InChI is InChI=1S/C24H22N6O2/c31-24(28-20-2-1-9-25-15-20)27-19-6-3-17(4-7-19)18-5-8-21-22(14-18)29-23(16-26-21)30-10-12-32-13-11-30/h1-9,14-16H,10-13H2,(H2,27,28,31). The van der Waals surface area contributed by atoms with Crippen LogP contribution in [0.2, 0.25) is 0 Å². The van der Waals surface area contributed by atoms with Gasteiger partial charge in [0, 0.05) is 25.0 Å². The summed E-state index contributed by atoms with van der Waals surface area (Å²) in [5.74, 6) is 0.872. The van der Waals surface area contributed by atoms with E-state index in [0.29, 0.717) is 24.6 Å². The van der Waals surface area contributed by atoms with Crippen LogP contribution in [-0.2, 0) is 4.74 Å². The van der Waals surface area contributed by atoms with Crippen molar-refractivity contribution in [3.63, 3.8) is 0 Å². The molecule has 1 aliphatic heterocycles. The molecule has 0 bridgehead atoms. The molecule has 0 atom stereocenters. The maximum atomic E-state index is 12.2. The maximum Gasteiger partial charge on any atom is 0.323 e. The lowest BCUT2D eigenvalue weighted by molar-refractivity contribution is 0.122. The minimum absolute atomic E-state index is 0.317. The van der Waals surface area contributed by atoms with E-state index in [2.05, 4.69) is 25.5 Å². The van der Waals surface area contributed by atoms with Gasteiger partial charge in [0.25, 0.3) is 0 Å². The third-order valence-corrected chi connectivity index (χ3v) is 5.26. The fraction of sp³-hybridized carbons (Fsp3) is 0.167. The van der Waals surface area contributed by atoms with Crippen molar-refractivity contribution >= 4 is 34.3 Å². The second kappa shape index (κ2) is 8.99. The quantitative estimate of drug-likeness (QED) is 0.509. The number of anilines is 3. The molecule has 32 heavy (non-hydrogen) atoms. The molecule has 5 rings (SSSR count). The Balaban J connectivity index is 1.31. The van der Waals surface area contributed by atoms with Gasteiger partial charge in [-0.25, -0.2) is 9.78 Å². The van der Waals surface area contributed by atoms with Crippen LogP contribution < -0.4 is 15.5 Å². The van der Waals surface area contributed by atoms with Crippen molar-refractivity contribution in [2.24, 2.45) is 0 Å². The van der Waals surface area contributed by atoms with Gasteiger partial charge in [-0.2, -0.15) is 0 Å². The van der Waals surface area contributed by atoms with Crippen LogP contribution in [0.25, 0.3) is 22.2 Å². The average Bonchev–Trinajstić information content (AvgIpc) is 2.85. The molecule has 1 aliphatic rings. The number of nitrogens with one attached hydrogen (secondary N) is 2. The molecule has 1 saturated heterocycles. The first kappa shape index (κ1) is 19.9. The van der Waals surface area contributed by atoms with E-state index in [1.165, 1.54) is 0 Å². The van der Waals surface area contributed by atoms with Crippen LogP contribution in [-0.4, -0.2) is 47.3 Å². The van der Waals surface area contributed by atoms with E-state index in [1.807, 2.05) is 48.7 Å². The molecule has 0 unspecified atom stereocenters. The summed E-state index contributed by atoms with van der Waals surface area (Å²) in [6.07, 6.45) is 5.07. The molecule has 2 N–H and O–H groups in total. The molecule has 8 nitrogen and oxygen atoms in total. The normalized spacial score (nSPS) is 13.7. The second-order valence-electron chi connectivity index (χ2n) is 7.43. The predicted octanol–water partition coefficient (Wildman–Crippen LogP) is 4.17. The number of benzene rings is 2. The van der Waals surface area contributed by atoms with Gasteiger partial charge in [-0.3, -0.25) is 9.97 Å². The monoisotopic (exact) mass is 426 g/mol. The number of amides is 2. The predicted molar refractivity (Wildman–Crippen MR) is 125 cm³/mol. The lowest BCUT2D eigenvalue weighted by Gasteiger charge is -2.27. The Bertz CT molecular complexity index is 1220. The Morgan fingerprint density at radius 2 is 1.66 bits per heavy atom. The number of fused-ring (bicyclic) bond motifs is 1. The van der Waals surface area contributed by atoms with Gasteiger partial charge in [0.1, 0.15) is 5.82 Å². The van der Waals surface area contributed by atoms with E-state index >= 15 is 0 Å². The van der Waals surface area contributed by atoms with E-state index in [0.717, 1.165) is 41.1 Å². The van der Waals surface area contributed by atoms with Crippen molar-refractivity contribution in [2.45, 2.75) is 0 Å². The molecule has 1 fully saturated rings. The van der Waals surface area contributed by atoms with E-state index in [1.54, 1.807) is 24.5 Å². The van der Waals surface area contributed by atoms with Gasteiger partial charge < -0.3 is 20.3 Å². The summed E-state index contributed by atoms with van der Waals surface area (Å²) >= 11 is 0. The lowest BCUT2D eigenvalue weighted by Crippen LogP contribution is -2.36. The molecule has 160 valence electrons. The van der Waals surface area contributed by atoms with E-state index < -0.39 is 0 Å². The number of hydrogen-bond acceptors (Lipinski definition) is 6. The zero-order chi connectivity index (χ0) is 21.8. The number of urea groups is 1. The topological polar surface area (TPSA) is 92.3 Å². The maximum absolute atomic E-state index is 12.2. The molecule has 2 aromatic carbocycles. The highest BCUT2D eigenvalue weighted by Crippen LogP contribution is 2.25. The first-order chi connectivity index (χ1) is 15.7. The van der Waals surface area contributed by atoms with Gasteiger partial charge in [-0.1, -0.05) is 18.2 Å². The summed E-state index contributed by atoms with van der Waals surface area (Å²) in [5.41, 5.74) is 5.11. The van der Waals surface area contributed by atoms with Crippen molar-refractivity contribution in [1.82, 2.24) is 15.0 Å². The van der Waals surface area contributed by atoms with E-state index in [4.69, 9.17) is 9.72 Å². The molecule has 4 aromatic rings. The van der Waals surface area contributed by atoms with Crippen molar-refractivity contribution in [3.8, 4) is 11.1 Å². The Morgan fingerprint density at radius 3 is 2.44 bits per heavy atom. The number of carbonyl (C=O) groups excluding carboxylic acids is 1. The average molecular weight is 426 g/mol. The van der Waals surface area contributed by atoms with Crippen molar-refractivity contribution in [3.05, 3.63) is 73.2 Å². The molecule has 8 heteroatoms. The summed E-state index contributed by atoms with van der Waals surface area (Å²) in [6, 6.07) is 17.0. The Hall–Kier alpha value is -4.04. The highest BCUT2D eigenvalue weighted by atomic mass is 16.5. The minimum atomic E-state index is -0.317. The first-order valence-corrected chi connectivity index (χ1v) is 10.4. The van der Waals surface area contributed by atoms with Gasteiger partial charge in [0.2, 0.25) is 0 Å². The molecule has 2 aromatic heterocycles. The highest BCUT2D eigenvalue weighted by molar-refractivity contribution is 5.99. The van der Waals surface area contributed by atoms with Crippen molar-refractivity contribution in [1.29, 1.82) is 0 Å². The van der Waals surface area contributed by atoms with Crippen LogP contribution in [0.5, 0.6) is 0 Å². The number of carbonyl (C=O) groups is 1. The number of morpholine rings is 1. The molecular weight excluding hydrogens is 404 g/mol. The third kappa shape index (κ3) is 4.50. The number of rotatable bonds is 4.